The van der Waals surface area contributed by atoms with Gasteiger partial charge in [0.1, 0.15) is 0 Å². The standard InChI is InChI=1S/C22H19Cl2F3N4OS/c23-16-4-1-14(2-5-16)19-13-33-21(29-19)31-9-7-30(8-10-31)12-20(32)28-18-11-15(22(25,26)27)3-6-17(18)24/h1-6,11,13H,7-10,12H2,(H,28,32). The van der Waals surface area contributed by atoms with E-state index in [-0.39, 0.29) is 17.3 Å². The number of halogens is 5. The maximum absolute atomic E-state index is 12.9. The molecule has 0 atom stereocenters. The average molecular weight is 515 g/mol. The van der Waals surface area contributed by atoms with Gasteiger partial charge in [-0.15, -0.1) is 11.3 Å². The van der Waals surface area contributed by atoms with Gasteiger partial charge in [0.15, 0.2) is 5.13 Å². The van der Waals surface area contributed by atoms with Gasteiger partial charge in [0.2, 0.25) is 5.91 Å². The van der Waals surface area contributed by atoms with Gasteiger partial charge in [0.25, 0.3) is 0 Å². The SMILES string of the molecule is O=C(CN1CCN(c2nc(-c3ccc(Cl)cc3)cs2)CC1)Nc1cc(C(F)(F)F)ccc1Cl. The third kappa shape index (κ3) is 5.97. The molecule has 3 aromatic rings. The van der Waals surface area contributed by atoms with Crippen LogP contribution in [-0.2, 0) is 11.0 Å². The van der Waals surface area contributed by atoms with Gasteiger partial charge >= 0.3 is 6.18 Å². The van der Waals surface area contributed by atoms with E-state index in [1.165, 1.54) is 0 Å². The first-order valence-corrected chi connectivity index (χ1v) is 11.7. The highest BCUT2D eigenvalue weighted by Crippen LogP contribution is 2.34. The number of hydrogen-bond acceptors (Lipinski definition) is 5. The molecule has 11 heteroatoms. The molecule has 1 aliphatic heterocycles. The summed E-state index contributed by atoms with van der Waals surface area (Å²) in [5, 5.41) is 6.12. The number of nitrogens with one attached hydrogen (secondary N) is 1. The number of amides is 1. The summed E-state index contributed by atoms with van der Waals surface area (Å²) >= 11 is 13.5. The molecule has 1 N–H and O–H groups in total. The molecule has 2 aromatic carbocycles. The Morgan fingerprint density at radius 3 is 2.42 bits per heavy atom. The fourth-order valence-corrected chi connectivity index (χ4v) is 4.63. The van der Waals surface area contributed by atoms with Crippen LogP contribution in [0.4, 0.5) is 24.0 Å². The highest BCUT2D eigenvalue weighted by molar-refractivity contribution is 7.14. The minimum absolute atomic E-state index is 0.0485. The van der Waals surface area contributed by atoms with Gasteiger partial charge in [0, 0.05) is 42.1 Å². The van der Waals surface area contributed by atoms with E-state index in [4.69, 9.17) is 28.2 Å². The van der Waals surface area contributed by atoms with E-state index in [0.29, 0.717) is 31.2 Å². The fraction of sp³-hybridized carbons (Fsp3) is 0.273. The van der Waals surface area contributed by atoms with Crippen molar-refractivity contribution in [1.29, 1.82) is 0 Å². The Morgan fingerprint density at radius 2 is 1.76 bits per heavy atom. The molecule has 4 rings (SSSR count). The van der Waals surface area contributed by atoms with Crippen LogP contribution in [-0.4, -0.2) is 48.5 Å². The zero-order valence-corrected chi connectivity index (χ0v) is 19.5. The summed E-state index contributed by atoms with van der Waals surface area (Å²) in [7, 11) is 0. The quantitative estimate of drug-likeness (QED) is 0.460. The summed E-state index contributed by atoms with van der Waals surface area (Å²) in [4.78, 5) is 21.2. The molecule has 1 aromatic heterocycles. The summed E-state index contributed by atoms with van der Waals surface area (Å²) in [6.45, 7) is 2.68. The topological polar surface area (TPSA) is 48.5 Å². The van der Waals surface area contributed by atoms with Gasteiger partial charge in [-0.25, -0.2) is 4.98 Å². The third-order valence-electron chi connectivity index (χ3n) is 5.21. The number of anilines is 2. The van der Waals surface area contributed by atoms with Crippen LogP contribution in [0.3, 0.4) is 0 Å². The number of benzene rings is 2. The molecule has 0 bridgehead atoms. The molecular weight excluding hydrogens is 496 g/mol. The molecule has 1 amide bonds. The number of nitrogens with zero attached hydrogens (tertiary/aromatic N) is 3. The number of carbonyl (C=O) groups excluding carboxylic acids is 1. The Kier molecular flexibility index (Phi) is 7.13. The second-order valence-corrected chi connectivity index (χ2v) is 9.21. The van der Waals surface area contributed by atoms with Crippen molar-refractivity contribution in [3.8, 4) is 11.3 Å². The number of alkyl halides is 3. The largest absolute Gasteiger partial charge is 0.416 e. The summed E-state index contributed by atoms with van der Waals surface area (Å²) in [5.74, 6) is -0.413. The maximum Gasteiger partial charge on any atom is 0.416 e. The van der Waals surface area contributed by atoms with Crippen LogP contribution in [0.25, 0.3) is 11.3 Å². The van der Waals surface area contributed by atoms with Crippen LogP contribution in [0, 0.1) is 0 Å². The molecule has 0 spiro atoms. The number of carbonyl (C=O) groups is 1. The first-order valence-electron chi connectivity index (χ1n) is 10.0. The predicted molar refractivity (Wildman–Crippen MR) is 126 cm³/mol. The molecule has 1 fully saturated rings. The van der Waals surface area contributed by atoms with Crippen LogP contribution in [0.15, 0.2) is 47.8 Å². The molecular formula is C22H19Cl2F3N4OS. The van der Waals surface area contributed by atoms with E-state index in [1.54, 1.807) is 11.3 Å². The van der Waals surface area contributed by atoms with Crippen LogP contribution >= 0.6 is 34.5 Å². The minimum atomic E-state index is -4.51. The van der Waals surface area contributed by atoms with E-state index < -0.39 is 17.6 Å². The van der Waals surface area contributed by atoms with Crippen molar-refractivity contribution < 1.29 is 18.0 Å². The minimum Gasteiger partial charge on any atom is -0.346 e. The lowest BCUT2D eigenvalue weighted by atomic mass is 10.2. The van der Waals surface area contributed by atoms with E-state index in [2.05, 4.69) is 10.2 Å². The zero-order chi connectivity index (χ0) is 23.6. The Balaban J connectivity index is 1.31. The molecule has 0 aliphatic carbocycles. The molecule has 0 radical (unpaired) electrons. The lowest BCUT2D eigenvalue weighted by molar-refractivity contribution is -0.137. The summed E-state index contributed by atoms with van der Waals surface area (Å²) < 4.78 is 38.8. The summed E-state index contributed by atoms with van der Waals surface area (Å²) in [6.07, 6.45) is -4.51. The van der Waals surface area contributed by atoms with Crippen molar-refractivity contribution in [3.63, 3.8) is 0 Å². The molecule has 33 heavy (non-hydrogen) atoms. The smallest absolute Gasteiger partial charge is 0.346 e. The molecule has 1 aliphatic rings. The van der Waals surface area contributed by atoms with Crippen molar-refractivity contribution in [3.05, 3.63) is 63.5 Å². The highest BCUT2D eigenvalue weighted by Gasteiger charge is 2.31. The first-order chi connectivity index (χ1) is 15.7. The van der Waals surface area contributed by atoms with Crippen molar-refractivity contribution in [2.45, 2.75) is 6.18 Å². The third-order valence-corrected chi connectivity index (χ3v) is 6.69. The van der Waals surface area contributed by atoms with Crippen molar-refractivity contribution in [1.82, 2.24) is 9.88 Å². The van der Waals surface area contributed by atoms with Gasteiger partial charge in [-0.05, 0) is 30.3 Å². The van der Waals surface area contributed by atoms with E-state index in [0.717, 1.165) is 34.6 Å². The van der Waals surface area contributed by atoms with Gasteiger partial charge in [-0.3, -0.25) is 9.69 Å². The van der Waals surface area contributed by atoms with Crippen molar-refractivity contribution >= 4 is 51.3 Å². The van der Waals surface area contributed by atoms with Crippen molar-refractivity contribution in [2.75, 3.05) is 42.9 Å². The molecule has 0 unspecified atom stereocenters. The number of thiazole rings is 1. The van der Waals surface area contributed by atoms with Crippen LogP contribution in [0.2, 0.25) is 10.0 Å². The maximum atomic E-state index is 12.9. The molecule has 5 nitrogen and oxygen atoms in total. The lowest BCUT2D eigenvalue weighted by Crippen LogP contribution is -2.48. The summed E-state index contributed by atoms with van der Waals surface area (Å²) in [6, 6.07) is 10.4. The zero-order valence-electron chi connectivity index (χ0n) is 17.2. The van der Waals surface area contributed by atoms with Crippen molar-refractivity contribution in [2.24, 2.45) is 0 Å². The van der Waals surface area contributed by atoms with Crippen LogP contribution in [0.1, 0.15) is 5.56 Å². The van der Waals surface area contributed by atoms with E-state index in [9.17, 15) is 18.0 Å². The fourth-order valence-electron chi connectivity index (χ4n) is 3.45. The summed E-state index contributed by atoms with van der Waals surface area (Å²) in [5.41, 5.74) is 0.960. The number of piperazine rings is 1. The molecule has 2 heterocycles. The first kappa shape index (κ1) is 23.8. The molecule has 1 saturated heterocycles. The lowest BCUT2D eigenvalue weighted by Gasteiger charge is -2.34. The second-order valence-electron chi connectivity index (χ2n) is 7.53. The average Bonchev–Trinajstić information content (AvgIpc) is 3.26. The number of hydrogen-bond donors (Lipinski definition) is 1. The van der Waals surface area contributed by atoms with Gasteiger partial charge in [-0.2, -0.15) is 13.2 Å². The van der Waals surface area contributed by atoms with E-state index in [1.807, 2.05) is 34.5 Å². The Labute approximate surface area is 202 Å². The van der Waals surface area contributed by atoms with Crippen LogP contribution in [0.5, 0.6) is 0 Å². The number of rotatable bonds is 5. The van der Waals surface area contributed by atoms with Gasteiger partial charge < -0.3 is 10.2 Å². The predicted octanol–water partition coefficient (Wildman–Crippen LogP) is 5.90. The number of aromatic nitrogens is 1. The molecule has 174 valence electrons. The highest BCUT2D eigenvalue weighted by atomic mass is 35.5. The van der Waals surface area contributed by atoms with Gasteiger partial charge in [-0.1, -0.05) is 35.3 Å². The molecule has 0 saturated carbocycles. The second kappa shape index (κ2) is 9.89. The Bertz CT molecular complexity index is 1130. The monoisotopic (exact) mass is 514 g/mol. The van der Waals surface area contributed by atoms with Gasteiger partial charge in [0.05, 0.1) is 28.5 Å². The van der Waals surface area contributed by atoms with Crippen LogP contribution < -0.4 is 10.2 Å². The Morgan fingerprint density at radius 1 is 1.06 bits per heavy atom. The Hall–Kier alpha value is -2.33. The van der Waals surface area contributed by atoms with E-state index >= 15 is 0 Å². The normalized spacial score (nSPS) is 15.0.